The molecule has 0 bridgehead atoms. The van der Waals surface area contributed by atoms with Crippen LogP contribution in [-0.4, -0.2) is 35.9 Å². The van der Waals surface area contributed by atoms with Crippen molar-refractivity contribution in [3.05, 3.63) is 18.3 Å². The van der Waals surface area contributed by atoms with Crippen LogP contribution in [0.4, 0.5) is 5.82 Å². The van der Waals surface area contributed by atoms with Gasteiger partial charge in [0.05, 0.1) is 19.3 Å². The number of ether oxygens (including phenoxy) is 1. The molecule has 0 spiro atoms. The molecule has 0 radical (unpaired) electrons. The average molecular weight is 250 g/mol. The molecule has 1 atom stereocenters. The summed E-state index contributed by atoms with van der Waals surface area (Å²) in [6.45, 7) is 3.74. The summed E-state index contributed by atoms with van der Waals surface area (Å²) < 4.78 is 5.64. The Morgan fingerprint density at radius 2 is 2.33 bits per heavy atom. The fourth-order valence-corrected chi connectivity index (χ4v) is 2.51. The first-order valence-electron chi connectivity index (χ1n) is 6.82. The Morgan fingerprint density at radius 3 is 3.11 bits per heavy atom. The highest BCUT2D eigenvalue weighted by atomic mass is 16.5. The second kappa shape index (κ2) is 6.59. The van der Waals surface area contributed by atoms with Gasteiger partial charge in [0, 0.05) is 12.7 Å². The van der Waals surface area contributed by atoms with Crippen LogP contribution < -0.4 is 9.64 Å². The van der Waals surface area contributed by atoms with Gasteiger partial charge < -0.3 is 14.7 Å². The largest absolute Gasteiger partial charge is 0.490 e. The number of hydrogen-bond acceptors (Lipinski definition) is 4. The van der Waals surface area contributed by atoms with E-state index in [1.807, 2.05) is 19.1 Å². The van der Waals surface area contributed by atoms with Crippen LogP contribution >= 0.6 is 0 Å². The van der Waals surface area contributed by atoms with Crippen molar-refractivity contribution in [3.63, 3.8) is 0 Å². The van der Waals surface area contributed by atoms with Crippen molar-refractivity contribution in [2.24, 2.45) is 0 Å². The first-order valence-corrected chi connectivity index (χ1v) is 6.82. The lowest BCUT2D eigenvalue weighted by Crippen LogP contribution is -2.38. The van der Waals surface area contributed by atoms with E-state index in [9.17, 15) is 5.11 Å². The van der Waals surface area contributed by atoms with Crippen molar-refractivity contribution in [1.29, 1.82) is 0 Å². The summed E-state index contributed by atoms with van der Waals surface area (Å²) in [5.74, 6) is 1.70. The maximum atomic E-state index is 9.56. The molecule has 0 aromatic carbocycles. The van der Waals surface area contributed by atoms with E-state index in [1.165, 1.54) is 12.8 Å². The SMILES string of the molecule is CCOc1cccnc1N1CCCCCC1CO. The van der Waals surface area contributed by atoms with Crippen LogP contribution in [0.1, 0.15) is 32.6 Å². The van der Waals surface area contributed by atoms with Crippen LogP contribution in [-0.2, 0) is 0 Å². The molecule has 1 saturated heterocycles. The molecule has 1 aliphatic heterocycles. The van der Waals surface area contributed by atoms with E-state index in [-0.39, 0.29) is 12.6 Å². The molecule has 1 N–H and O–H groups in total. The van der Waals surface area contributed by atoms with Crippen molar-refractivity contribution >= 4 is 5.82 Å². The van der Waals surface area contributed by atoms with Crippen LogP contribution in [0.25, 0.3) is 0 Å². The molecule has 1 aromatic heterocycles. The second-order valence-electron chi connectivity index (χ2n) is 4.64. The summed E-state index contributed by atoms with van der Waals surface area (Å²) in [4.78, 5) is 6.66. The Kier molecular flexibility index (Phi) is 4.81. The van der Waals surface area contributed by atoms with Crippen molar-refractivity contribution in [2.45, 2.75) is 38.6 Å². The summed E-state index contributed by atoms with van der Waals surface area (Å²) in [7, 11) is 0. The van der Waals surface area contributed by atoms with Crippen LogP contribution in [0.2, 0.25) is 0 Å². The van der Waals surface area contributed by atoms with E-state index in [4.69, 9.17) is 4.74 Å². The lowest BCUT2D eigenvalue weighted by atomic mass is 10.1. The Balaban J connectivity index is 2.26. The minimum absolute atomic E-state index is 0.168. The van der Waals surface area contributed by atoms with Crippen molar-refractivity contribution in [2.75, 3.05) is 24.7 Å². The van der Waals surface area contributed by atoms with Crippen LogP contribution in [0.15, 0.2) is 18.3 Å². The van der Waals surface area contributed by atoms with Gasteiger partial charge in [0.2, 0.25) is 0 Å². The van der Waals surface area contributed by atoms with E-state index in [0.717, 1.165) is 31.0 Å². The third kappa shape index (κ3) is 2.93. The van der Waals surface area contributed by atoms with Gasteiger partial charge >= 0.3 is 0 Å². The molecule has 1 unspecified atom stereocenters. The van der Waals surface area contributed by atoms with Crippen LogP contribution in [0.3, 0.4) is 0 Å². The van der Waals surface area contributed by atoms with Gasteiger partial charge in [-0.25, -0.2) is 4.98 Å². The van der Waals surface area contributed by atoms with Crippen molar-refractivity contribution in [3.8, 4) is 5.75 Å². The first kappa shape index (κ1) is 13.1. The molecule has 1 aromatic rings. The third-order valence-corrected chi connectivity index (χ3v) is 3.41. The molecular weight excluding hydrogens is 228 g/mol. The maximum absolute atomic E-state index is 9.56. The summed E-state index contributed by atoms with van der Waals surface area (Å²) >= 11 is 0. The Labute approximate surface area is 109 Å². The van der Waals surface area contributed by atoms with E-state index in [0.29, 0.717) is 6.61 Å². The lowest BCUT2D eigenvalue weighted by Gasteiger charge is -2.30. The highest BCUT2D eigenvalue weighted by Crippen LogP contribution is 2.30. The zero-order chi connectivity index (χ0) is 12.8. The molecular formula is C14H22N2O2. The summed E-state index contributed by atoms with van der Waals surface area (Å²) in [6.07, 6.45) is 6.37. The molecule has 18 heavy (non-hydrogen) atoms. The van der Waals surface area contributed by atoms with Crippen LogP contribution in [0.5, 0.6) is 5.75 Å². The highest BCUT2D eigenvalue weighted by Gasteiger charge is 2.23. The zero-order valence-electron chi connectivity index (χ0n) is 11.0. The average Bonchev–Trinajstić information content (AvgIpc) is 2.65. The number of aromatic nitrogens is 1. The minimum atomic E-state index is 0.168. The normalized spacial score (nSPS) is 20.6. The zero-order valence-corrected chi connectivity index (χ0v) is 11.0. The molecule has 0 saturated carbocycles. The van der Waals surface area contributed by atoms with E-state index in [2.05, 4.69) is 9.88 Å². The smallest absolute Gasteiger partial charge is 0.171 e. The predicted octanol–water partition coefficient (Wildman–Crippen LogP) is 2.22. The highest BCUT2D eigenvalue weighted by molar-refractivity contribution is 5.53. The molecule has 4 heteroatoms. The van der Waals surface area contributed by atoms with E-state index < -0.39 is 0 Å². The number of nitrogens with zero attached hydrogens (tertiary/aromatic N) is 2. The molecule has 100 valence electrons. The van der Waals surface area contributed by atoms with Crippen LogP contribution in [0, 0.1) is 0 Å². The second-order valence-corrected chi connectivity index (χ2v) is 4.64. The van der Waals surface area contributed by atoms with E-state index >= 15 is 0 Å². The number of anilines is 1. The third-order valence-electron chi connectivity index (χ3n) is 3.41. The molecule has 1 fully saturated rings. The number of rotatable bonds is 4. The monoisotopic (exact) mass is 250 g/mol. The summed E-state index contributed by atoms with van der Waals surface area (Å²) in [6, 6.07) is 4.01. The quantitative estimate of drug-likeness (QED) is 0.890. The van der Waals surface area contributed by atoms with Gasteiger partial charge in [-0.05, 0) is 31.9 Å². The molecule has 2 heterocycles. The van der Waals surface area contributed by atoms with Gasteiger partial charge in [-0.15, -0.1) is 0 Å². The maximum Gasteiger partial charge on any atom is 0.171 e. The molecule has 0 aliphatic carbocycles. The molecule has 1 aliphatic rings. The standard InChI is InChI=1S/C14H22N2O2/c1-2-18-13-8-6-9-15-14(13)16-10-5-3-4-7-12(16)11-17/h6,8-9,12,17H,2-5,7,10-11H2,1H3. The Bertz CT molecular complexity index is 371. The van der Waals surface area contributed by atoms with E-state index in [1.54, 1.807) is 6.20 Å². The van der Waals surface area contributed by atoms with Gasteiger partial charge in [0.1, 0.15) is 0 Å². The van der Waals surface area contributed by atoms with Gasteiger partial charge in [-0.2, -0.15) is 0 Å². The molecule has 0 amide bonds. The van der Waals surface area contributed by atoms with Gasteiger partial charge in [0.15, 0.2) is 11.6 Å². The number of hydrogen-bond donors (Lipinski definition) is 1. The van der Waals surface area contributed by atoms with Crippen molar-refractivity contribution < 1.29 is 9.84 Å². The predicted molar refractivity (Wildman–Crippen MR) is 72.1 cm³/mol. The van der Waals surface area contributed by atoms with Gasteiger partial charge in [-0.3, -0.25) is 0 Å². The number of aliphatic hydroxyl groups excluding tert-OH is 1. The lowest BCUT2D eigenvalue weighted by molar-refractivity contribution is 0.253. The molecule has 2 rings (SSSR count). The Hall–Kier alpha value is -1.29. The first-order chi connectivity index (χ1) is 8.86. The number of pyridine rings is 1. The van der Waals surface area contributed by atoms with Gasteiger partial charge in [0.25, 0.3) is 0 Å². The topological polar surface area (TPSA) is 45.6 Å². The summed E-state index contributed by atoms with van der Waals surface area (Å²) in [5, 5.41) is 9.56. The minimum Gasteiger partial charge on any atom is -0.490 e. The summed E-state index contributed by atoms with van der Waals surface area (Å²) in [5.41, 5.74) is 0. The Morgan fingerprint density at radius 1 is 1.44 bits per heavy atom. The fourth-order valence-electron chi connectivity index (χ4n) is 2.51. The van der Waals surface area contributed by atoms with Gasteiger partial charge in [-0.1, -0.05) is 12.8 Å². The molecule has 4 nitrogen and oxygen atoms in total. The van der Waals surface area contributed by atoms with Crippen molar-refractivity contribution in [1.82, 2.24) is 4.98 Å². The number of aliphatic hydroxyl groups is 1. The fraction of sp³-hybridized carbons (Fsp3) is 0.643.